The first-order chi connectivity index (χ1) is 8.60. The Hall–Kier alpha value is -0.810. The molecule has 0 atom stereocenters. The van der Waals surface area contributed by atoms with Crippen LogP contribution in [-0.2, 0) is 6.61 Å². The van der Waals surface area contributed by atoms with Crippen molar-refractivity contribution in [2.24, 2.45) is 0 Å². The maximum atomic E-state index is 9.07. The monoisotopic (exact) mass is 347 g/mol. The highest BCUT2D eigenvalue weighted by atomic mass is 79.9. The van der Waals surface area contributed by atoms with Gasteiger partial charge >= 0.3 is 0 Å². The molecular weight excluding hydrogens is 341 g/mol. The molecule has 2 rings (SSSR count). The predicted octanol–water partition coefficient (Wildman–Crippen LogP) is 4.44. The van der Waals surface area contributed by atoms with Gasteiger partial charge in [0.05, 0.1) is 22.3 Å². The minimum Gasteiger partial charge on any atom is -0.437 e. The second-order valence-electron chi connectivity index (χ2n) is 3.41. The summed E-state index contributed by atoms with van der Waals surface area (Å²) in [6, 6.07) is 8.48. The molecule has 3 nitrogen and oxygen atoms in total. The van der Waals surface area contributed by atoms with Crippen LogP contribution in [0.3, 0.4) is 0 Å². The topological polar surface area (TPSA) is 42.4 Å². The number of ether oxygens (including phenoxy) is 1. The summed E-state index contributed by atoms with van der Waals surface area (Å²) >= 11 is 15.2. The lowest BCUT2D eigenvalue weighted by atomic mass is 10.3. The molecule has 0 aliphatic heterocycles. The van der Waals surface area contributed by atoms with Gasteiger partial charge in [0.15, 0.2) is 0 Å². The molecule has 1 heterocycles. The summed E-state index contributed by atoms with van der Waals surface area (Å²) in [5, 5.41) is 9.94. The molecule has 0 spiro atoms. The average Bonchev–Trinajstić information content (AvgIpc) is 2.36. The van der Waals surface area contributed by atoms with Crippen LogP contribution >= 0.6 is 39.1 Å². The fraction of sp³-hybridized carbons (Fsp3) is 0.0833. The van der Waals surface area contributed by atoms with Gasteiger partial charge in [-0.2, -0.15) is 0 Å². The number of rotatable bonds is 3. The van der Waals surface area contributed by atoms with E-state index in [-0.39, 0.29) is 6.61 Å². The van der Waals surface area contributed by atoms with Crippen molar-refractivity contribution in [1.29, 1.82) is 0 Å². The lowest BCUT2D eigenvalue weighted by Gasteiger charge is -2.08. The minimum atomic E-state index is -0.248. The maximum Gasteiger partial charge on any atom is 0.219 e. The van der Waals surface area contributed by atoms with Crippen LogP contribution < -0.4 is 4.74 Å². The molecule has 1 N–H and O–H groups in total. The van der Waals surface area contributed by atoms with E-state index in [1.54, 1.807) is 24.3 Å². The largest absolute Gasteiger partial charge is 0.437 e. The first-order valence-electron chi connectivity index (χ1n) is 4.99. The van der Waals surface area contributed by atoms with Crippen molar-refractivity contribution in [1.82, 2.24) is 4.98 Å². The van der Waals surface area contributed by atoms with Crippen molar-refractivity contribution in [3.05, 3.63) is 50.5 Å². The van der Waals surface area contributed by atoms with E-state index in [9.17, 15) is 0 Å². The van der Waals surface area contributed by atoms with E-state index in [0.29, 0.717) is 27.4 Å². The Labute approximate surface area is 122 Å². The number of hydrogen-bond acceptors (Lipinski definition) is 3. The van der Waals surface area contributed by atoms with Gasteiger partial charge in [-0.15, -0.1) is 0 Å². The molecule has 0 unspecified atom stereocenters. The smallest absolute Gasteiger partial charge is 0.219 e. The summed E-state index contributed by atoms with van der Waals surface area (Å²) in [6.45, 7) is -0.248. The first kappa shape index (κ1) is 13.6. The lowest BCUT2D eigenvalue weighted by Crippen LogP contribution is -1.94. The molecule has 1 aromatic carbocycles. The number of hydrogen-bond donors (Lipinski definition) is 1. The second kappa shape index (κ2) is 5.89. The Balaban J connectivity index is 2.31. The molecule has 18 heavy (non-hydrogen) atoms. The molecule has 0 bridgehead atoms. The van der Waals surface area contributed by atoms with Gasteiger partial charge < -0.3 is 9.84 Å². The fourth-order valence-corrected chi connectivity index (χ4v) is 1.96. The Morgan fingerprint density at radius 2 is 1.89 bits per heavy atom. The van der Waals surface area contributed by atoms with Gasteiger partial charge in [0.1, 0.15) is 5.75 Å². The number of aliphatic hydroxyl groups is 1. The van der Waals surface area contributed by atoms with Gasteiger partial charge in [-0.1, -0.05) is 39.1 Å². The van der Waals surface area contributed by atoms with Gasteiger partial charge in [0, 0.05) is 10.5 Å². The van der Waals surface area contributed by atoms with Gasteiger partial charge in [-0.3, -0.25) is 0 Å². The summed E-state index contributed by atoms with van der Waals surface area (Å²) in [7, 11) is 0. The number of halogens is 3. The van der Waals surface area contributed by atoms with E-state index < -0.39 is 0 Å². The number of benzene rings is 1. The number of pyridine rings is 1. The summed E-state index contributed by atoms with van der Waals surface area (Å²) in [6.07, 6.45) is 0. The van der Waals surface area contributed by atoms with Crippen LogP contribution in [0, 0.1) is 0 Å². The van der Waals surface area contributed by atoms with Gasteiger partial charge in [0.2, 0.25) is 5.88 Å². The van der Waals surface area contributed by atoms with Gasteiger partial charge in [-0.25, -0.2) is 4.98 Å². The summed E-state index contributed by atoms with van der Waals surface area (Å²) < 4.78 is 6.39. The molecule has 0 aliphatic carbocycles. The molecule has 0 fully saturated rings. The molecule has 0 saturated carbocycles. The van der Waals surface area contributed by atoms with Crippen LogP contribution in [0.25, 0.3) is 0 Å². The third-order valence-electron chi connectivity index (χ3n) is 2.15. The van der Waals surface area contributed by atoms with Crippen LogP contribution in [0.4, 0.5) is 0 Å². The normalized spacial score (nSPS) is 10.4. The van der Waals surface area contributed by atoms with Crippen LogP contribution in [0.2, 0.25) is 10.0 Å². The SMILES string of the molecule is OCc1nc(Oc2cc(Br)ccc2Cl)ccc1Cl. The van der Waals surface area contributed by atoms with Crippen molar-refractivity contribution < 1.29 is 9.84 Å². The van der Waals surface area contributed by atoms with E-state index in [2.05, 4.69) is 20.9 Å². The Kier molecular flexibility index (Phi) is 4.45. The highest BCUT2D eigenvalue weighted by Gasteiger charge is 2.07. The van der Waals surface area contributed by atoms with Crippen LogP contribution in [0.1, 0.15) is 5.69 Å². The third-order valence-corrected chi connectivity index (χ3v) is 3.30. The number of aromatic nitrogens is 1. The summed E-state index contributed by atoms with van der Waals surface area (Å²) in [5.74, 6) is 0.799. The van der Waals surface area contributed by atoms with Crippen molar-refractivity contribution >= 4 is 39.1 Å². The average molecular weight is 349 g/mol. The fourth-order valence-electron chi connectivity index (χ4n) is 1.30. The maximum absolute atomic E-state index is 9.07. The van der Waals surface area contributed by atoms with E-state index in [4.69, 9.17) is 33.0 Å². The van der Waals surface area contributed by atoms with Crippen molar-refractivity contribution in [3.8, 4) is 11.6 Å². The Morgan fingerprint density at radius 1 is 1.17 bits per heavy atom. The Morgan fingerprint density at radius 3 is 2.61 bits per heavy atom. The van der Waals surface area contributed by atoms with E-state index in [1.807, 2.05) is 6.07 Å². The lowest BCUT2D eigenvalue weighted by molar-refractivity contribution is 0.275. The zero-order chi connectivity index (χ0) is 13.1. The second-order valence-corrected chi connectivity index (χ2v) is 5.14. The predicted molar refractivity (Wildman–Crippen MR) is 74.4 cm³/mol. The molecule has 1 aromatic heterocycles. The van der Waals surface area contributed by atoms with E-state index in [0.717, 1.165) is 4.47 Å². The van der Waals surface area contributed by atoms with Crippen molar-refractivity contribution in [2.75, 3.05) is 0 Å². The molecule has 94 valence electrons. The highest BCUT2D eigenvalue weighted by Crippen LogP contribution is 2.31. The van der Waals surface area contributed by atoms with E-state index in [1.165, 1.54) is 0 Å². The molecule has 0 saturated heterocycles. The van der Waals surface area contributed by atoms with Gasteiger partial charge in [0.25, 0.3) is 0 Å². The van der Waals surface area contributed by atoms with Crippen LogP contribution in [0.15, 0.2) is 34.8 Å². The van der Waals surface area contributed by atoms with Crippen LogP contribution in [0.5, 0.6) is 11.6 Å². The third kappa shape index (κ3) is 3.14. The zero-order valence-corrected chi connectivity index (χ0v) is 12.1. The summed E-state index contributed by atoms with van der Waals surface area (Å²) in [4.78, 5) is 4.08. The standard InChI is InChI=1S/C12H8BrCl2NO2/c13-7-1-2-9(15)11(5-7)18-12-4-3-8(14)10(6-17)16-12/h1-5,17H,6H2. The molecule has 0 radical (unpaired) electrons. The zero-order valence-electron chi connectivity index (χ0n) is 9.03. The molecular formula is C12H8BrCl2NO2. The Bertz CT molecular complexity index is 578. The van der Waals surface area contributed by atoms with Gasteiger partial charge in [-0.05, 0) is 24.3 Å². The number of aliphatic hydroxyl groups excluding tert-OH is 1. The minimum absolute atomic E-state index is 0.248. The molecule has 6 heteroatoms. The highest BCUT2D eigenvalue weighted by molar-refractivity contribution is 9.10. The first-order valence-corrected chi connectivity index (χ1v) is 6.54. The molecule has 2 aromatic rings. The van der Waals surface area contributed by atoms with Crippen molar-refractivity contribution in [3.63, 3.8) is 0 Å². The summed E-state index contributed by atoms with van der Waals surface area (Å²) in [5.41, 5.74) is 0.361. The quantitative estimate of drug-likeness (QED) is 0.891. The number of nitrogens with zero attached hydrogens (tertiary/aromatic N) is 1. The van der Waals surface area contributed by atoms with E-state index >= 15 is 0 Å². The molecule has 0 aliphatic rings. The van der Waals surface area contributed by atoms with Crippen molar-refractivity contribution in [2.45, 2.75) is 6.61 Å². The van der Waals surface area contributed by atoms with Crippen LogP contribution in [-0.4, -0.2) is 10.1 Å². The molecule has 0 amide bonds.